The van der Waals surface area contributed by atoms with Crippen LogP contribution >= 0.6 is 11.8 Å². The van der Waals surface area contributed by atoms with Crippen molar-refractivity contribution in [3.63, 3.8) is 0 Å². The molecule has 1 radical (unpaired) electrons. The SMILES string of the molecule is [CH2]c1ccccc1SCC. The second-order valence-corrected chi connectivity index (χ2v) is 3.35. The lowest BCUT2D eigenvalue weighted by Crippen LogP contribution is -1.77. The van der Waals surface area contributed by atoms with Crippen LogP contribution in [0.3, 0.4) is 0 Å². The summed E-state index contributed by atoms with van der Waals surface area (Å²) < 4.78 is 0. The van der Waals surface area contributed by atoms with Crippen LogP contribution in [0.25, 0.3) is 0 Å². The van der Waals surface area contributed by atoms with Crippen molar-refractivity contribution in [3.8, 4) is 0 Å². The van der Waals surface area contributed by atoms with Crippen molar-refractivity contribution in [2.24, 2.45) is 0 Å². The molecule has 1 heteroatoms. The van der Waals surface area contributed by atoms with Gasteiger partial charge in [-0.3, -0.25) is 0 Å². The normalized spacial score (nSPS) is 9.80. The minimum atomic E-state index is 1.12. The van der Waals surface area contributed by atoms with Crippen LogP contribution in [0.5, 0.6) is 0 Å². The van der Waals surface area contributed by atoms with Crippen molar-refractivity contribution in [3.05, 3.63) is 36.8 Å². The monoisotopic (exact) mass is 151 g/mol. The van der Waals surface area contributed by atoms with Crippen molar-refractivity contribution >= 4 is 11.8 Å². The molecule has 0 nitrogen and oxygen atoms in total. The summed E-state index contributed by atoms with van der Waals surface area (Å²) in [6.45, 7) is 6.07. The molecule has 0 unspecified atom stereocenters. The fraction of sp³-hybridized carbons (Fsp3) is 0.222. The summed E-state index contributed by atoms with van der Waals surface area (Å²) in [4.78, 5) is 1.30. The molecule has 0 saturated heterocycles. The third-order valence-electron chi connectivity index (χ3n) is 1.27. The highest BCUT2D eigenvalue weighted by Crippen LogP contribution is 2.20. The summed E-state index contributed by atoms with van der Waals surface area (Å²) in [6.07, 6.45) is 0. The lowest BCUT2D eigenvalue weighted by molar-refractivity contribution is 1.37. The van der Waals surface area contributed by atoms with Crippen LogP contribution in [-0.2, 0) is 0 Å². The van der Waals surface area contributed by atoms with Gasteiger partial charge in [0, 0.05) is 4.90 Å². The summed E-state index contributed by atoms with van der Waals surface area (Å²) in [6, 6.07) is 8.21. The molecular formula is C9H11S. The lowest BCUT2D eigenvalue weighted by Gasteiger charge is -2.00. The molecule has 53 valence electrons. The number of hydrogen-bond acceptors (Lipinski definition) is 1. The van der Waals surface area contributed by atoms with Crippen LogP contribution in [0.1, 0.15) is 12.5 Å². The number of rotatable bonds is 2. The van der Waals surface area contributed by atoms with Crippen LogP contribution < -0.4 is 0 Å². The Labute approximate surface area is 66.6 Å². The van der Waals surface area contributed by atoms with Gasteiger partial charge in [-0.25, -0.2) is 0 Å². The zero-order valence-electron chi connectivity index (χ0n) is 6.13. The Morgan fingerprint density at radius 1 is 1.40 bits per heavy atom. The fourth-order valence-electron chi connectivity index (χ4n) is 0.800. The van der Waals surface area contributed by atoms with Crippen LogP contribution in [-0.4, -0.2) is 5.75 Å². The first-order valence-corrected chi connectivity index (χ1v) is 4.37. The molecule has 0 heterocycles. The first-order valence-electron chi connectivity index (χ1n) is 3.38. The Morgan fingerprint density at radius 2 is 2.10 bits per heavy atom. The fourth-order valence-corrected chi connectivity index (χ4v) is 1.54. The standard InChI is InChI=1S/C9H11S/c1-3-10-9-7-5-4-6-8(9)2/h4-7H,2-3H2,1H3. The van der Waals surface area contributed by atoms with E-state index in [1.807, 2.05) is 30.0 Å². The zero-order chi connectivity index (χ0) is 7.40. The molecular weight excluding hydrogens is 140 g/mol. The van der Waals surface area contributed by atoms with Gasteiger partial charge in [0.05, 0.1) is 0 Å². The second-order valence-electron chi connectivity index (χ2n) is 2.04. The largest absolute Gasteiger partial charge is 0.126 e. The van der Waals surface area contributed by atoms with Gasteiger partial charge in [-0.1, -0.05) is 25.1 Å². The maximum atomic E-state index is 3.92. The molecule has 0 aromatic heterocycles. The molecule has 0 aliphatic heterocycles. The molecule has 0 atom stereocenters. The van der Waals surface area contributed by atoms with E-state index in [-0.39, 0.29) is 0 Å². The van der Waals surface area contributed by atoms with Crippen molar-refractivity contribution in [1.29, 1.82) is 0 Å². The van der Waals surface area contributed by atoms with E-state index < -0.39 is 0 Å². The van der Waals surface area contributed by atoms with Crippen LogP contribution in [0, 0.1) is 6.92 Å². The Morgan fingerprint density at radius 3 is 2.70 bits per heavy atom. The number of benzene rings is 1. The van der Waals surface area contributed by atoms with E-state index in [0.717, 1.165) is 11.3 Å². The predicted molar refractivity (Wildman–Crippen MR) is 47.3 cm³/mol. The van der Waals surface area contributed by atoms with Gasteiger partial charge in [0.25, 0.3) is 0 Å². The van der Waals surface area contributed by atoms with E-state index in [9.17, 15) is 0 Å². The summed E-state index contributed by atoms with van der Waals surface area (Å²) in [5.74, 6) is 1.12. The summed E-state index contributed by atoms with van der Waals surface area (Å²) >= 11 is 1.84. The van der Waals surface area contributed by atoms with Gasteiger partial charge in [0.1, 0.15) is 0 Å². The number of thioether (sulfide) groups is 1. The topological polar surface area (TPSA) is 0 Å². The molecule has 0 aliphatic carbocycles. The van der Waals surface area contributed by atoms with Gasteiger partial charge >= 0.3 is 0 Å². The average molecular weight is 151 g/mol. The lowest BCUT2D eigenvalue weighted by atomic mass is 10.2. The highest BCUT2D eigenvalue weighted by Gasteiger charge is 1.93. The molecule has 0 bridgehead atoms. The molecule has 10 heavy (non-hydrogen) atoms. The van der Waals surface area contributed by atoms with Crippen LogP contribution in [0.4, 0.5) is 0 Å². The van der Waals surface area contributed by atoms with E-state index in [0.29, 0.717) is 0 Å². The predicted octanol–water partition coefficient (Wildman–Crippen LogP) is 2.98. The number of hydrogen-bond donors (Lipinski definition) is 0. The van der Waals surface area contributed by atoms with E-state index in [2.05, 4.69) is 19.9 Å². The Kier molecular flexibility index (Phi) is 2.82. The minimum absolute atomic E-state index is 1.12. The third-order valence-corrected chi connectivity index (χ3v) is 2.27. The average Bonchev–Trinajstić information content (AvgIpc) is 1.94. The summed E-state index contributed by atoms with van der Waals surface area (Å²) in [5, 5.41) is 0. The van der Waals surface area contributed by atoms with Crippen LogP contribution in [0.15, 0.2) is 29.2 Å². The van der Waals surface area contributed by atoms with E-state index >= 15 is 0 Å². The Balaban J connectivity index is 2.81. The van der Waals surface area contributed by atoms with E-state index in [1.54, 1.807) is 0 Å². The van der Waals surface area contributed by atoms with Gasteiger partial charge in [-0.05, 0) is 24.3 Å². The molecule has 1 aromatic carbocycles. The van der Waals surface area contributed by atoms with E-state index in [4.69, 9.17) is 0 Å². The maximum Gasteiger partial charge on any atom is 0.0104 e. The molecule has 0 N–H and O–H groups in total. The van der Waals surface area contributed by atoms with Crippen molar-refractivity contribution in [2.75, 3.05) is 5.75 Å². The first kappa shape index (κ1) is 7.67. The Bertz CT molecular complexity index is 206. The summed E-state index contributed by atoms with van der Waals surface area (Å²) in [5.41, 5.74) is 1.13. The van der Waals surface area contributed by atoms with Crippen molar-refractivity contribution in [2.45, 2.75) is 11.8 Å². The maximum absolute atomic E-state index is 3.92. The van der Waals surface area contributed by atoms with Gasteiger partial charge in [-0.2, -0.15) is 0 Å². The minimum Gasteiger partial charge on any atom is -0.126 e. The molecule has 0 aliphatic rings. The highest BCUT2D eigenvalue weighted by molar-refractivity contribution is 7.99. The van der Waals surface area contributed by atoms with Crippen LogP contribution in [0.2, 0.25) is 0 Å². The third kappa shape index (κ3) is 1.77. The molecule has 1 rings (SSSR count). The second kappa shape index (κ2) is 3.67. The summed E-state index contributed by atoms with van der Waals surface area (Å²) in [7, 11) is 0. The molecule has 0 fully saturated rings. The van der Waals surface area contributed by atoms with E-state index in [1.165, 1.54) is 4.90 Å². The van der Waals surface area contributed by atoms with Crippen molar-refractivity contribution < 1.29 is 0 Å². The molecule has 0 amide bonds. The van der Waals surface area contributed by atoms with Gasteiger partial charge in [0.15, 0.2) is 0 Å². The molecule has 0 spiro atoms. The van der Waals surface area contributed by atoms with Gasteiger partial charge in [-0.15, -0.1) is 11.8 Å². The highest BCUT2D eigenvalue weighted by atomic mass is 32.2. The quantitative estimate of drug-likeness (QED) is 0.585. The zero-order valence-corrected chi connectivity index (χ0v) is 6.95. The van der Waals surface area contributed by atoms with Gasteiger partial charge in [0.2, 0.25) is 0 Å². The van der Waals surface area contributed by atoms with Crippen molar-refractivity contribution in [1.82, 2.24) is 0 Å². The van der Waals surface area contributed by atoms with Gasteiger partial charge < -0.3 is 0 Å². The smallest absolute Gasteiger partial charge is 0.0104 e. The first-order chi connectivity index (χ1) is 4.84. The molecule has 1 aromatic rings. The Hall–Kier alpha value is -0.430. The molecule has 0 saturated carbocycles.